The van der Waals surface area contributed by atoms with Gasteiger partial charge in [0.2, 0.25) is 5.60 Å². The number of carbonyl (C=O) groups excluding carboxylic acids is 1. The van der Waals surface area contributed by atoms with E-state index in [0.29, 0.717) is 29.2 Å². The molecule has 0 radical (unpaired) electrons. The summed E-state index contributed by atoms with van der Waals surface area (Å²) < 4.78 is 21.6. The summed E-state index contributed by atoms with van der Waals surface area (Å²) in [6.07, 6.45) is 3.20. The molecule has 0 bridgehead atoms. The minimum absolute atomic E-state index is 0.412. The Hall–Kier alpha value is -1.88. The highest BCUT2D eigenvalue weighted by molar-refractivity contribution is 6.30. The molecular formula is C16H19ClO5. The molecule has 0 saturated heterocycles. The van der Waals surface area contributed by atoms with E-state index in [2.05, 4.69) is 0 Å². The van der Waals surface area contributed by atoms with E-state index >= 15 is 0 Å². The van der Waals surface area contributed by atoms with Gasteiger partial charge in [0.05, 0.1) is 12.7 Å². The highest BCUT2D eigenvalue weighted by Crippen LogP contribution is 2.37. The van der Waals surface area contributed by atoms with E-state index in [9.17, 15) is 4.79 Å². The van der Waals surface area contributed by atoms with Gasteiger partial charge in [-0.25, -0.2) is 4.79 Å². The van der Waals surface area contributed by atoms with Gasteiger partial charge in [-0.3, -0.25) is 0 Å². The van der Waals surface area contributed by atoms with Crippen molar-refractivity contribution in [1.29, 1.82) is 0 Å². The van der Waals surface area contributed by atoms with Gasteiger partial charge in [0.25, 0.3) is 6.29 Å². The fraction of sp³-hybridized carbons (Fsp3) is 0.438. The number of hydrogen-bond acceptors (Lipinski definition) is 5. The largest absolute Gasteiger partial charge is 0.475 e. The molecule has 22 heavy (non-hydrogen) atoms. The number of carbonyl (C=O) groups is 1. The predicted octanol–water partition coefficient (Wildman–Crippen LogP) is 3.97. The molecule has 0 atom stereocenters. The number of esters is 1. The van der Waals surface area contributed by atoms with Crippen LogP contribution in [-0.4, -0.2) is 18.7 Å². The van der Waals surface area contributed by atoms with Gasteiger partial charge in [-0.1, -0.05) is 25.4 Å². The molecule has 0 aromatic heterocycles. The van der Waals surface area contributed by atoms with E-state index in [-0.39, 0.29) is 0 Å². The normalized spacial score (nSPS) is 14.4. The summed E-state index contributed by atoms with van der Waals surface area (Å²) >= 11 is 6.05. The van der Waals surface area contributed by atoms with Gasteiger partial charge in [-0.05, 0) is 31.0 Å². The summed E-state index contributed by atoms with van der Waals surface area (Å²) in [5.41, 5.74) is -0.434. The zero-order valence-electron chi connectivity index (χ0n) is 12.8. The molecule has 1 heterocycles. The Morgan fingerprint density at radius 2 is 1.91 bits per heavy atom. The Labute approximate surface area is 134 Å². The Bertz CT molecular complexity index is 558. The molecule has 0 fully saturated rings. The summed E-state index contributed by atoms with van der Waals surface area (Å²) in [6.45, 7) is 3.75. The van der Waals surface area contributed by atoms with Crippen molar-refractivity contribution in [3.63, 3.8) is 0 Å². The predicted molar refractivity (Wildman–Crippen MR) is 81.5 cm³/mol. The molecule has 0 saturated carbocycles. The molecule has 1 aliphatic rings. The number of hydrogen-bond donors (Lipinski definition) is 0. The fourth-order valence-electron chi connectivity index (χ4n) is 2.30. The van der Waals surface area contributed by atoms with Crippen LogP contribution in [0.3, 0.4) is 0 Å². The van der Waals surface area contributed by atoms with Crippen LogP contribution in [0.1, 0.15) is 38.5 Å². The first-order valence-electron chi connectivity index (χ1n) is 7.09. The second-order valence-corrected chi connectivity index (χ2v) is 5.29. The van der Waals surface area contributed by atoms with Crippen molar-refractivity contribution in [3.05, 3.63) is 41.3 Å². The lowest BCUT2D eigenvalue weighted by molar-refractivity contribution is -0.160. The highest BCUT2D eigenvalue weighted by atomic mass is 35.5. The fourth-order valence-corrected chi connectivity index (χ4v) is 2.48. The average Bonchev–Trinajstić information content (AvgIpc) is 3.07. The van der Waals surface area contributed by atoms with Crippen LogP contribution >= 0.6 is 11.6 Å². The van der Waals surface area contributed by atoms with Crippen molar-refractivity contribution in [3.8, 4) is 5.75 Å². The molecule has 6 heteroatoms. The second-order valence-electron chi connectivity index (χ2n) is 4.85. The lowest BCUT2D eigenvalue weighted by atomic mass is 9.97. The Morgan fingerprint density at radius 3 is 2.45 bits per heavy atom. The summed E-state index contributed by atoms with van der Waals surface area (Å²) in [7, 11) is 1.35. The second kappa shape index (κ2) is 6.92. The van der Waals surface area contributed by atoms with Crippen LogP contribution in [-0.2, 0) is 19.0 Å². The number of halogens is 1. The van der Waals surface area contributed by atoms with Gasteiger partial charge in [0, 0.05) is 5.02 Å². The van der Waals surface area contributed by atoms with Crippen LogP contribution < -0.4 is 4.74 Å². The van der Waals surface area contributed by atoms with E-state index in [1.54, 1.807) is 18.2 Å². The summed E-state index contributed by atoms with van der Waals surface area (Å²) in [5.74, 6) is 0.0667. The summed E-state index contributed by atoms with van der Waals surface area (Å²) in [4.78, 5) is 12.2. The molecule has 1 aliphatic heterocycles. The molecule has 5 nitrogen and oxygen atoms in total. The molecule has 0 spiro atoms. The van der Waals surface area contributed by atoms with Crippen molar-refractivity contribution in [2.24, 2.45) is 0 Å². The Morgan fingerprint density at radius 1 is 1.27 bits per heavy atom. The number of ether oxygens (including phenoxy) is 4. The van der Waals surface area contributed by atoms with Crippen LogP contribution in [0.25, 0.3) is 0 Å². The number of methoxy groups -OCH3 is 1. The molecule has 1 aromatic carbocycles. The van der Waals surface area contributed by atoms with Crippen molar-refractivity contribution in [2.75, 3.05) is 7.11 Å². The van der Waals surface area contributed by atoms with E-state index < -0.39 is 17.9 Å². The summed E-state index contributed by atoms with van der Waals surface area (Å²) in [5, 5.41) is 0.526. The molecule has 1 aromatic rings. The third-order valence-corrected chi connectivity index (χ3v) is 3.93. The monoisotopic (exact) mass is 326 g/mol. The van der Waals surface area contributed by atoms with Gasteiger partial charge in [-0.15, -0.1) is 0 Å². The van der Waals surface area contributed by atoms with Crippen LogP contribution in [0.15, 0.2) is 30.7 Å². The van der Waals surface area contributed by atoms with Crippen molar-refractivity contribution >= 4 is 17.6 Å². The minimum atomic E-state index is -1.05. The van der Waals surface area contributed by atoms with E-state index in [0.717, 1.165) is 0 Å². The molecular weight excluding hydrogens is 308 g/mol. The standard InChI is InChI=1S/C16H19ClO5/c1-4-16(5-2,15(18)19-3)22-13-7-6-11(17)10-12(13)14-20-8-9-21-14/h6-10,14H,4-5H2,1-3H3. The highest BCUT2D eigenvalue weighted by Gasteiger charge is 2.40. The average molecular weight is 327 g/mol. The molecule has 0 unspecified atom stereocenters. The SMILES string of the molecule is CCC(CC)(Oc1ccc(Cl)cc1C1OC=CO1)C(=O)OC. The van der Waals surface area contributed by atoms with Crippen LogP contribution in [0, 0.1) is 0 Å². The zero-order valence-corrected chi connectivity index (χ0v) is 13.6. The third-order valence-electron chi connectivity index (χ3n) is 3.69. The van der Waals surface area contributed by atoms with Gasteiger partial charge in [0.15, 0.2) is 0 Å². The molecule has 0 N–H and O–H groups in total. The van der Waals surface area contributed by atoms with Gasteiger partial charge >= 0.3 is 5.97 Å². The van der Waals surface area contributed by atoms with Gasteiger partial charge < -0.3 is 18.9 Å². The lowest BCUT2D eigenvalue weighted by Crippen LogP contribution is -2.44. The van der Waals surface area contributed by atoms with Gasteiger partial charge in [-0.2, -0.15) is 0 Å². The smallest absolute Gasteiger partial charge is 0.350 e. The van der Waals surface area contributed by atoms with E-state index in [4.69, 9.17) is 30.5 Å². The molecule has 120 valence electrons. The first kappa shape index (κ1) is 16.5. The minimum Gasteiger partial charge on any atom is -0.475 e. The number of rotatable bonds is 6. The molecule has 0 aliphatic carbocycles. The Kier molecular flexibility index (Phi) is 5.19. The van der Waals surface area contributed by atoms with Crippen molar-refractivity contribution < 1.29 is 23.7 Å². The zero-order chi connectivity index (χ0) is 16.2. The van der Waals surface area contributed by atoms with Crippen molar-refractivity contribution in [1.82, 2.24) is 0 Å². The molecule has 2 rings (SSSR count). The maximum Gasteiger partial charge on any atom is 0.350 e. The topological polar surface area (TPSA) is 54.0 Å². The van der Waals surface area contributed by atoms with E-state index in [1.165, 1.54) is 19.6 Å². The van der Waals surface area contributed by atoms with E-state index in [1.807, 2.05) is 13.8 Å². The number of benzene rings is 1. The van der Waals surface area contributed by atoms with Crippen LogP contribution in [0.4, 0.5) is 0 Å². The van der Waals surface area contributed by atoms with Crippen LogP contribution in [0.2, 0.25) is 5.02 Å². The lowest BCUT2D eigenvalue weighted by Gasteiger charge is -2.31. The maximum atomic E-state index is 12.2. The Balaban J connectivity index is 2.36. The van der Waals surface area contributed by atoms with Crippen LogP contribution in [0.5, 0.6) is 5.75 Å². The first-order valence-corrected chi connectivity index (χ1v) is 7.47. The van der Waals surface area contributed by atoms with Gasteiger partial charge in [0.1, 0.15) is 18.3 Å². The first-order chi connectivity index (χ1) is 10.6. The van der Waals surface area contributed by atoms with Crippen molar-refractivity contribution in [2.45, 2.75) is 38.6 Å². The maximum absolute atomic E-state index is 12.2. The third kappa shape index (κ3) is 3.14. The molecule has 0 amide bonds. The summed E-state index contributed by atoms with van der Waals surface area (Å²) in [6, 6.07) is 5.09. The quantitative estimate of drug-likeness (QED) is 0.740.